The van der Waals surface area contributed by atoms with E-state index in [0.29, 0.717) is 34.9 Å². The highest BCUT2D eigenvalue weighted by Gasteiger charge is 2.23. The van der Waals surface area contributed by atoms with Gasteiger partial charge < -0.3 is 8.83 Å². The Kier molecular flexibility index (Phi) is 17.4. The van der Waals surface area contributed by atoms with Gasteiger partial charge in [0.15, 0.2) is 34.9 Å². The zero-order chi connectivity index (χ0) is 80.6. The van der Waals surface area contributed by atoms with Gasteiger partial charge in [0, 0.05) is 54.9 Å². The molecule has 122 heavy (non-hydrogen) atoms. The summed E-state index contributed by atoms with van der Waals surface area (Å²) in [5.41, 5.74) is 22.7. The molecule has 0 radical (unpaired) electrons. The van der Waals surface area contributed by atoms with Gasteiger partial charge in [-0.15, -0.1) is 0 Å². The minimum atomic E-state index is 0.618. The van der Waals surface area contributed by atoms with Gasteiger partial charge in [0.2, 0.25) is 0 Å². The topological polar surface area (TPSA) is 104 Å². The van der Waals surface area contributed by atoms with Crippen LogP contribution in [0.15, 0.2) is 433 Å². The predicted octanol–water partition coefficient (Wildman–Crippen LogP) is 30.5. The first-order valence-electron chi connectivity index (χ1n) is 41.2. The maximum absolute atomic E-state index is 6.56. The number of furan rings is 2. The van der Waals surface area contributed by atoms with Gasteiger partial charge in [-0.2, -0.15) is 0 Å². The van der Waals surface area contributed by atoms with Crippen molar-refractivity contribution in [3.8, 4) is 135 Å². The lowest BCUT2D eigenvalue weighted by atomic mass is 9.89. The Labute approximate surface area is 702 Å². The molecule has 0 saturated carbocycles. The van der Waals surface area contributed by atoms with E-state index >= 15 is 0 Å². The number of hydrogen-bond acceptors (Lipinski definition) is 8. The highest BCUT2D eigenvalue weighted by Crippen LogP contribution is 2.47. The molecule has 0 atom stereocenters. The average molecular weight is 1560 g/mol. The zero-order valence-electron chi connectivity index (χ0n) is 65.9. The SMILES string of the molecule is c1ccc(-c2nc(-c3ccccc3)nc(-c3ccc(-c4cccc5oc6ccc(-c7ccccc7-c7ccc8c9ccccc9c9ccccc9c8c7)cc6c45)cc3)n2)cc1.c1ccc(-c2nc(-c3ccccc3)nc(-c3cccc(-c4cccc5oc6ccc(-c7ccccc7-c7ccc8c9ccccc9c9ccccc9c8c7)cc6c45)c3)n2)cc1. The second-order valence-electron chi connectivity index (χ2n) is 31.0. The van der Waals surface area contributed by atoms with Gasteiger partial charge in [-0.05, 0) is 186 Å². The van der Waals surface area contributed by atoms with Crippen molar-refractivity contribution >= 4 is 109 Å². The van der Waals surface area contributed by atoms with E-state index in [1.807, 2.05) is 121 Å². The number of benzene rings is 20. The Hall–Kier alpha value is -16.4. The second-order valence-corrected chi connectivity index (χ2v) is 31.0. The lowest BCUT2D eigenvalue weighted by Crippen LogP contribution is -2.00. The molecule has 24 rings (SSSR count). The molecular formula is C114H70N6O2. The summed E-state index contributed by atoms with van der Waals surface area (Å²) < 4.78 is 13.1. The van der Waals surface area contributed by atoms with Crippen molar-refractivity contribution in [2.24, 2.45) is 0 Å². The van der Waals surface area contributed by atoms with Crippen LogP contribution in [0.2, 0.25) is 0 Å². The molecule has 0 amide bonds. The minimum absolute atomic E-state index is 0.618. The van der Waals surface area contributed by atoms with Gasteiger partial charge in [0.05, 0.1) is 0 Å². The first kappa shape index (κ1) is 70.9. The molecule has 8 heteroatoms. The number of hydrogen-bond donors (Lipinski definition) is 0. The third-order valence-corrected chi connectivity index (χ3v) is 23.9. The number of aromatic nitrogens is 6. The van der Waals surface area contributed by atoms with Gasteiger partial charge in [0.1, 0.15) is 22.3 Å². The monoisotopic (exact) mass is 1550 g/mol. The number of rotatable bonds is 12. The zero-order valence-corrected chi connectivity index (χ0v) is 65.9. The summed E-state index contributed by atoms with van der Waals surface area (Å²) in [5, 5.41) is 19.6. The molecule has 0 aliphatic rings. The van der Waals surface area contributed by atoms with Crippen molar-refractivity contribution < 1.29 is 8.83 Å². The van der Waals surface area contributed by atoms with Crippen LogP contribution in [-0.2, 0) is 0 Å². The van der Waals surface area contributed by atoms with E-state index in [-0.39, 0.29) is 0 Å². The van der Waals surface area contributed by atoms with Gasteiger partial charge in [-0.1, -0.05) is 370 Å². The molecule has 568 valence electrons. The van der Waals surface area contributed by atoms with E-state index in [1.54, 1.807) is 0 Å². The van der Waals surface area contributed by atoms with Crippen LogP contribution in [-0.4, -0.2) is 29.9 Å². The third-order valence-electron chi connectivity index (χ3n) is 23.9. The predicted molar refractivity (Wildman–Crippen MR) is 504 cm³/mol. The van der Waals surface area contributed by atoms with Gasteiger partial charge in [-0.3, -0.25) is 0 Å². The summed E-state index contributed by atoms with van der Waals surface area (Å²) >= 11 is 0. The largest absolute Gasteiger partial charge is 0.456 e. The molecular weight excluding hydrogens is 1490 g/mol. The molecule has 24 aromatic rings. The Bertz CT molecular complexity index is 8070. The van der Waals surface area contributed by atoms with E-state index in [9.17, 15) is 0 Å². The molecule has 0 spiro atoms. The maximum atomic E-state index is 6.56. The van der Waals surface area contributed by atoms with Crippen LogP contribution in [0.1, 0.15) is 0 Å². The van der Waals surface area contributed by atoms with E-state index in [4.69, 9.17) is 38.7 Å². The van der Waals surface area contributed by atoms with Crippen LogP contribution >= 0.6 is 0 Å². The minimum Gasteiger partial charge on any atom is -0.456 e. The van der Waals surface area contributed by atoms with E-state index in [0.717, 1.165) is 111 Å². The van der Waals surface area contributed by atoms with Crippen LogP contribution in [0.3, 0.4) is 0 Å². The van der Waals surface area contributed by atoms with E-state index < -0.39 is 0 Å². The standard InChI is InChI=1S/2C57H35N3O/c1-3-15-36(16-4-1)55-58-56(37-17-5-2-6-18-37)60-57(59-55)41-20-13-19-38(33-41)44-27-14-28-53-54(44)51-35-40(30-32-52(51)61-53)43-22-8-7-21-42(43)39-29-31-49-47-25-10-9-23-45(47)46-24-11-12-26-48(46)50(49)34-39;1-3-14-37(15-4-1)55-58-56(38-16-5-2-6-17-38)60-57(59-55)39-28-26-36(27-29-39)44-24-13-25-53-54(44)51-35-41(31-33-52(51)61-53)43-19-8-7-18-42(43)40-30-32-49-47-22-10-9-20-45(47)46-21-11-12-23-48(46)50(49)34-40/h2*1-35H. The Morgan fingerprint density at radius 1 is 0.123 bits per heavy atom. The third kappa shape index (κ3) is 12.6. The molecule has 0 bridgehead atoms. The molecule has 0 saturated heterocycles. The fourth-order valence-corrected chi connectivity index (χ4v) is 18.1. The molecule has 0 fully saturated rings. The molecule has 4 aromatic heterocycles. The summed E-state index contributed by atoms with van der Waals surface area (Å²) in [4.78, 5) is 29.7. The number of nitrogens with zero attached hydrogens (tertiary/aromatic N) is 6. The van der Waals surface area contributed by atoms with Crippen LogP contribution < -0.4 is 0 Å². The van der Waals surface area contributed by atoms with Crippen LogP contribution in [0.5, 0.6) is 0 Å². The van der Waals surface area contributed by atoms with Crippen molar-refractivity contribution in [3.63, 3.8) is 0 Å². The molecule has 20 aromatic carbocycles. The maximum Gasteiger partial charge on any atom is 0.164 e. The smallest absolute Gasteiger partial charge is 0.164 e. The van der Waals surface area contributed by atoms with Crippen molar-refractivity contribution in [2.75, 3.05) is 0 Å². The first-order valence-corrected chi connectivity index (χ1v) is 41.2. The summed E-state index contributed by atoms with van der Waals surface area (Å²) in [5.74, 6) is 3.80. The highest BCUT2D eigenvalue weighted by molar-refractivity contribution is 6.27. The number of fused-ring (bicyclic) bond motifs is 18. The van der Waals surface area contributed by atoms with Gasteiger partial charge in [-0.25, -0.2) is 29.9 Å². The summed E-state index contributed by atoms with van der Waals surface area (Å²) in [6.07, 6.45) is 0. The van der Waals surface area contributed by atoms with Crippen LogP contribution in [0.25, 0.3) is 244 Å². The van der Waals surface area contributed by atoms with Crippen molar-refractivity contribution in [3.05, 3.63) is 425 Å². The molecule has 0 unspecified atom stereocenters. The second kappa shape index (κ2) is 29.9. The van der Waals surface area contributed by atoms with Crippen LogP contribution in [0, 0.1) is 0 Å². The summed E-state index contributed by atoms with van der Waals surface area (Å²) in [7, 11) is 0. The Morgan fingerprint density at radius 3 is 0.697 bits per heavy atom. The lowest BCUT2D eigenvalue weighted by Gasteiger charge is -2.14. The quantitative estimate of drug-likeness (QED) is 0.111. The van der Waals surface area contributed by atoms with Gasteiger partial charge in [0.25, 0.3) is 0 Å². The molecule has 0 N–H and O–H groups in total. The summed E-state index contributed by atoms with van der Waals surface area (Å²) in [6, 6.07) is 149. The van der Waals surface area contributed by atoms with Crippen molar-refractivity contribution in [1.82, 2.24) is 29.9 Å². The Balaban J connectivity index is 0.000000142. The van der Waals surface area contributed by atoms with Crippen LogP contribution in [0.4, 0.5) is 0 Å². The molecule has 0 aliphatic carbocycles. The average Bonchev–Trinajstić information content (AvgIpc) is 0.809. The first-order chi connectivity index (χ1) is 60.5. The molecule has 8 nitrogen and oxygen atoms in total. The Morgan fingerprint density at radius 2 is 0.344 bits per heavy atom. The lowest BCUT2D eigenvalue weighted by molar-refractivity contribution is 0.668. The normalized spacial score (nSPS) is 11.6. The van der Waals surface area contributed by atoms with E-state index in [2.05, 4.69) is 303 Å². The fraction of sp³-hybridized carbons (Fsp3) is 0. The van der Waals surface area contributed by atoms with Crippen molar-refractivity contribution in [2.45, 2.75) is 0 Å². The molecule has 4 heterocycles. The van der Waals surface area contributed by atoms with Gasteiger partial charge >= 0.3 is 0 Å². The van der Waals surface area contributed by atoms with E-state index in [1.165, 1.54) is 98.0 Å². The highest BCUT2D eigenvalue weighted by atomic mass is 16.3. The molecule has 0 aliphatic heterocycles. The summed E-state index contributed by atoms with van der Waals surface area (Å²) in [6.45, 7) is 0. The fourth-order valence-electron chi connectivity index (χ4n) is 18.1. The van der Waals surface area contributed by atoms with Crippen molar-refractivity contribution in [1.29, 1.82) is 0 Å².